The minimum atomic E-state index is 0.244. The molecule has 0 saturated heterocycles. The molecule has 0 bridgehead atoms. The Morgan fingerprint density at radius 2 is 1.95 bits per heavy atom. The Kier molecular flexibility index (Phi) is 4.02. The smallest absolute Gasteiger partial charge is 0.141 e. The van der Waals surface area contributed by atoms with E-state index in [9.17, 15) is 5.11 Å². The molecule has 0 aliphatic rings. The van der Waals surface area contributed by atoms with Crippen LogP contribution in [0.2, 0.25) is 5.15 Å². The van der Waals surface area contributed by atoms with E-state index in [1.54, 1.807) is 19.2 Å². The highest BCUT2D eigenvalue weighted by atomic mass is 35.5. The van der Waals surface area contributed by atoms with E-state index < -0.39 is 0 Å². The van der Waals surface area contributed by atoms with Crippen molar-refractivity contribution in [3.05, 3.63) is 46.9 Å². The molecule has 0 radical (unpaired) electrons. The van der Waals surface area contributed by atoms with Gasteiger partial charge in [0.2, 0.25) is 0 Å². The van der Waals surface area contributed by atoms with Gasteiger partial charge in [0.25, 0.3) is 0 Å². The molecule has 5 heteroatoms. The first kappa shape index (κ1) is 13.4. The predicted molar refractivity (Wildman–Crippen MR) is 78.2 cm³/mol. The lowest BCUT2D eigenvalue weighted by atomic mass is 10.1. The molecule has 1 aromatic heterocycles. The van der Waals surface area contributed by atoms with Gasteiger partial charge in [-0.15, -0.1) is 0 Å². The largest absolute Gasteiger partial charge is 0.508 e. The van der Waals surface area contributed by atoms with Crippen molar-refractivity contribution in [2.75, 3.05) is 12.4 Å². The monoisotopic (exact) mass is 275 g/mol. The van der Waals surface area contributed by atoms with E-state index in [2.05, 4.69) is 15.3 Å². The van der Waals surface area contributed by atoms with Crippen LogP contribution in [0.15, 0.2) is 30.6 Å². The summed E-state index contributed by atoms with van der Waals surface area (Å²) in [6.07, 6.45) is 3.34. The fourth-order valence-electron chi connectivity index (χ4n) is 1.73. The van der Waals surface area contributed by atoms with E-state index in [0.29, 0.717) is 11.0 Å². The first-order valence-corrected chi connectivity index (χ1v) is 6.15. The fourth-order valence-corrected chi connectivity index (χ4v) is 1.91. The number of rotatable bonds is 3. The van der Waals surface area contributed by atoms with Gasteiger partial charge in [-0.1, -0.05) is 23.7 Å². The second kappa shape index (κ2) is 5.71. The van der Waals surface area contributed by atoms with Crippen molar-refractivity contribution in [2.24, 2.45) is 0 Å². The van der Waals surface area contributed by atoms with Crippen molar-refractivity contribution in [2.45, 2.75) is 6.92 Å². The molecule has 0 atom stereocenters. The summed E-state index contributed by atoms with van der Waals surface area (Å²) in [4.78, 5) is 8.11. The van der Waals surface area contributed by atoms with Gasteiger partial charge in [0, 0.05) is 7.05 Å². The third-order valence-electron chi connectivity index (χ3n) is 2.76. The third kappa shape index (κ3) is 3.03. The summed E-state index contributed by atoms with van der Waals surface area (Å²) in [7, 11) is 1.78. The highest BCUT2D eigenvalue weighted by molar-refractivity contribution is 6.31. The van der Waals surface area contributed by atoms with Crippen LogP contribution in [0.5, 0.6) is 5.75 Å². The van der Waals surface area contributed by atoms with Crippen LogP contribution >= 0.6 is 11.6 Å². The zero-order valence-electron chi connectivity index (χ0n) is 10.7. The van der Waals surface area contributed by atoms with Crippen LogP contribution in [0.1, 0.15) is 18.1 Å². The van der Waals surface area contributed by atoms with Crippen LogP contribution in [0.4, 0.5) is 5.82 Å². The van der Waals surface area contributed by atoms with Gasteiger partial charge in [0.15, 0.2) is 0 Å². The van der Waals surface area contributed by atoms with Crippen molar-refractivity contribution in [1.29, 1.82) is 0 Å². The van der Waals surface area contributed by atoms with Gasteiger partial charge < -0.3 is 10.4 Å². The summed E-state index contributed by atoms with van der Waals surface area (Å²) < 4.78 is 0. The van der Waals surface area contributed by atoms with Crippen molar-refractivity contribution in [3.63, 3.8) is 0 Å². The lowest BCUT2D eigenvalue weighted by Crippen LogP contribution is -1.97. The lowest BCUT2D eigenvalue weighted by Gasteiger charge is -2.07. The molecule has 0 amide bonds. The van der Waals surface area contributed by atoms with E-state index in [4.69, 9.17) is 11.6 Å². The van der Waals surface area contributed by atoms with Gasteiger partial charge >= 0.3 is 0 Å². The Balaban J connectivity index is 2.43. The number of benzene rings is 1. The molecule has 2 N–H and O–H groups in total. The number of halogens is 1. The number of nitrogens with zero attached hydrogens (tertiary/aromatic N) is 2. The number of hydrogen-bond acceptors (Lipinski definition) is 4. The molecular formula is C14H14ClN3O. The highest BCUT2D eigenvalue weighted by Crippen LogP contribution is 2.26. The molecule has 0 aliphatic carbocycles. The molecule has 19 heavy (non-hydrogen) atoms. The van der Waals surface area contributed by atoms with Crippen molar-refractivity contribution < 1.29 is 5.11 Å². The van der Waals surface area contributed by atoms with E-state index in [1.165, 1.54) is 6.33 Å². The summed E-state index contributed by atoms with van der Waals surface area (Å²) in [5.41, 5.74) is 2.75. The van der Waals surface area contributed by atoms with Crippen LogP contribution in [-0.2, 0) is 0 Å². The number of phenolic OH excluding ortho intramolecular Hbond substituents is 1. The van der Waals surface area contributed by atoms with E-state index in [-0.39, 0.29) is 5.75 Å². The Labute approximate surface area is 116 Å². The molecule has 2 aromatic rings. The Morgan fingerprint density at radius 1 is 1.26 bits per heavy atom. The first-order chi connectivity index (χ1) is 9.11. The average molecular weight is 276 g/mol. The minimum Gasteiger partial charge on any atom is -0.508 e. The standard InChI is InChI=1S/C14H14ClN3O/c1-9(10-3-5-11(19)6-4-10)7-12-13(15)17-8-18-14(12)16-2/h3-8,19H,1-2H3,(H,16,17,18)/b9-7+. The minimum absolute atomic E-state index is 0.244. The maximum absolute atomic E-state index is 9.28. The second-order valence-corrected chi connectivity index (χ2v) is 4.41. The Bertz CT molecular complexity index is 609. The average Bonchev–Trinajstić information content (AvgIpc) is 2.41. The van der Waals surface area contributed by atoms with Crippen LogP contribution in [-0.4, -0.2) is 22.1 Å². The molecule has 1 aromatic carbocycles. The SMILES string of the molecule is CNc1ncnc(Cl)c1/C=C(\C)c1ccc(O)cc1. The maximum Gasteiger partial charge on any atom is 0.141 e. The van der Waals surface area contributed by atoms with Gasteiger partial charge in [0.1, 0.15) is 23.0 Å². The molecule has 98 valence electrons. The van der Waals surface area contributed by atoms with Crippen LogP contribution in [0.25, 0.3) is 11.6 Å². The number of nitrogens with one attached hydrogen (secondary N) is 1. The molecule has 4 nitrogen and oxygen atoms in total. The molecule has 0 fully saturated rings. The summed E-state index contributed by atoms with van der Waals surface area (Å²) in [5, 5.41) is 12.7. The van der Waals surface area contributed by atoms with Gasteiger partial charge in [-0.25, -0.2) is 9.97 Å². The van der Waals surface area contributed by atoms with Gasteiger partial charge in [0.05, 0.1) is 5.56 Å². The zero-order chi connectivity index (χ0) is 13.8. The topological polar surface area (TPSA) is 58.0 Å². The number of anilines is 1. The molecule has 0 aliphatic heterocycles. The first-order valence-electron chi connectivity index (χ1n) is 5.77. The normalized spacial score (nSPS) is 11.4. The van der Waals surface area contributed by atoms with Crippen LogP contribution < -0.4 is 5.32 Å². The van der Waals surface area contributed by atoms with Gasteiger partial charge in [-0.3, -0.25) is 0 Å². The summed E-state index contributed by atoms with van der Waals surface area (Å²) in [6, 6.07) is 6.99. The molecule has 1 heterocycles. The van der Waals surface area contributed by atoms with E-state index in [1.807, 2.05) is 25.1 Å². The van der Waals surface area contributed by atoms with Crippen molar-refractivity contribution in [3.8, 4) is 5.75 Å². The fraction of sp³-hybridized carbons (Fsp3) is 0.143. The quantitative estimate of drug-likeness (QED) is 0.843. The van der Waals surface area contributed by atoms with E-state index in [0.717, 1.165) is 16.7 Å². The second-order valence-electron chi connectivity index (χ2n) is 4.05. The maximum atomic E-state index is 9.28. The predicted octanol–water partition coefficient (Wildman–Crippen LogP) is 3.44. The van der Waals surface area contributed by atoms with Gasteiger partial charge in [-0.2, -0.15) is 0 Å². The Morgan fingerprint density at radius 3 is 2.58 bits per heavy atom. The molecule has 0 unspecified atom stereocenters. The van der Waals surface area contributed by atoms with Crippen molar-refractivity contribution in [1.82, 2.24) is 9.97 Å². The molecule has 0 saturated carbocycles. The van der Waals surface area contributed by atoms with Crippen LogP contribution in [0.3, 0.4) is 0 Å². The number of aromatic nitrogens is 2. The molecule has 2 rings (SSSR count). The Hall–Kier alpha value is -2.07. The van der Waals surface area contributed by atoms with Crippen molar-refractivity contribution >= 4 is 29.1 Å². The molecular weight excluding hydrogens is 262 g/mol. The number of aromatic hydroxyl groups is 1. The number of phenols is 1. The lowest BCUT2D eigenvalue weighted by molar-refractivity contribution is 0.475. The number of allylic oxidation sites excluding steroid dienone is 1. The summed E-state index contributed by atoms with van der Waals surface area (Å²) >= 11 is 6.09. The summed E-state index contributed by atoms with van der Waals surface area (Å²) in [5.74, 6) is 0.923. The molecule has 0 spiro atoms. The van der Waals surface area contributed by atoms with E-state index >= 15 is 0 Å². The zero-order valence-corrected chi connectivity index (χ0v) is 11.4. The summed E-state index contributed by atoms with van der Waals surface area (Å²) in [6.45, 7) is 1.97. The number of hydrogen-bond donors (Lipinski definition) is 2. The third-order valence-corrected chi connectivity index (χ3v) is 3.06. The van der Waals surface area contributed by atoms with Gasteiger partial charge in [-0.05, 0) is 36.3 Å². The van der Waals surface area contributed by atoms with Crippen LogP contribution in [0, 0.1) is 0 Å². The highest BCUT2D eigenvalue weighted by Gasteiger charge is 2.07.